The number of para-hydroxylation sites is 1. The minimum absolute atomic E-state index is 0.0120. The topological polar surface area (TPSA) is 110 Å². The quantitative estimate of drug-likeness (QED) is 0.156. The standard InChI is InChI=1S/C39H47N3O6/c1-39(2,3)48-38(46)40-33(23-27-12-14-28(15-13-27)29-16-18-30(19-17-29)37(44)45)25-36(43)41-20-7-10-32(26-41)35-24-31-9-5-6-11-34(31)42(35)21-8-22-47-4/h5-6,9,11-19,24,32-33H,7-8,10,20-23,25-26H2,1-4H3,(H,40,46)(H,44,45). The van der Waals surface area contributed by atoms with Crippen LogP contribution in [0, 0.1) is 0 Å². The summed E-state index contributed by atoms with van der Waals surface area (Å²) in [5.74, 6) is -0.735. The van der Waals surface area contributed by atoms with Crippen molar-refractivity contribution < 1.29 is 29.0 Å². The van der Waals surface area contributed by atoms with Gasteiger partial charge in [0, 0.05) is 62.9 Å². The summed E-state index contributed by atoms with van der Waals surface area (Å²) in [7, 11) is 1.73. The summed E-state index contributed by atoms with van der Waals surface area (Å²) >= 11 is 0. The Morgan fingerprint density at radius 3 is 2.33 bits per heavy atom. The number of hydrogen-bond donors (Lipinski definition) is 2. The van der Waals surface area contributed by atoms with E-state index in [2.05, 4.69) is 40.2 Å². The molecule has 0 spiro atoms. The van der Waals surface area contributed by atoms with Gasteiger partial charge in [-0.15, -0.1) is 0 Å². The molecule has 0 aliphatic carbocycles. The minimum atomic E-state index is -0.962. The number of carboxylic acid groups (broad SMARTS) is 1. The predicted octanol–water partition coefficient (Wildman–Crippen LogP) is 7.28. The first-order valence-electron chi connectivity index (χ1n) is 16.8. The van der Waals surface area contributed by atoms with Gasteiger partial charge in [-0.1, -0.05) is 54.6 Å². The Kier molecular flexibility index (Phi) is 11.2. The van der Waals surface area contributed by atoms with Crippen molar-refractivity contribution in [2.75, 3.05) is 26.8 Å². The van der Waals surface area contributed by atoms with Crippen LogP contribution in [0.2, 0.25) is 0 Å². The lowest BCUT2D eigenvalue weighted by atomic mass is 9.93. The van der Waals surface area contributed by atoms with Crippen LogP contribution in [0.15, 0.2) is 78.9 Å². The molecule has 1 fully saturated rings. The number of rotatable bonds is 12. The fourth-order valence-corrected chi connectivity index (χ4v) is 6.54. The number of alkyl carbamates (subject to hydrolysis) is 1. The van der Waals surface area contributed by atoms with Crippen molar-refractivity contribution in [1.82, 2.24) is 14.8 Å². The van der Waals surface area contributed by atoms with Crippen molar-refractivity contribution in [3.63, 3.8) is 0 Å². The Morgan fingerprint density at radius 1 is 0.979 bits per heavy atom. The molecular weight excluding hydrogens is 606 g/mol. The molecule has 5 rings (SSSR count). The predicted molar refractivity (Wildman–Crippen MR) is 187 cm³/mol. The highest BCUT2D eigenvalue weighted by molar-refractivity contribution is 5.88. The zero-order chi connectivity index (χ0) is 34.3. The average Bonchev–Trinajstić information content (AvgIpc) is 3.43. The number of carboxylic acids is 1. The van der Waals surface area contributed by atoms with E-state index < -0.39 is 23.7 Å². The second-order valence-corrected chi connectivity index (χ2v) is 13.6. The van der Waals surface area contributed by atoms with Crippen molar-refractivity contribution in [1.29, 1.82) is 0 Å². The van der Waals surface area contributed by atoms with Crippen molar-refractivity contribution >= 4 is 28.9 Å². The van der Waals surface area contributed by atoms with Crippen LogP contribution in [-0.4, -0.2) is 71.0 Å². The van der Waals surface area contributed by atoms with Gasteiger partial charge >= 0.3 is 12.1 Å². The maximum absolute atomic E-state index is 13.9. The molecule has 4 aromatic rings. The summed E-state index contributed by atoms with van der Waals surface area (Å²) in [6, 6.07) is 24.9. The molecule has 3 aromatic carbocycles. The molecule has 48 heavy (non-hydrogen) atoms. The first-order valence-corrected chi connectivity index (χ1v) is 16.8. The molecule has 0 bridgehead atoms. The van der Waals surface area contributed by atoms with E-state index in [0.29, 0.717) is 26.1 Å². The number of nitrogens with zero attached hydrogens (tertiary/aromatic N) is 2. The van der Waals surface area contributed by atoms with Crippen molar-refractivity contribution in [2.45, 2.75) is 77.0 Å². The van der Waals surface area contributed by atoms with E-state index in [-0.39, 0.29) is 23.8 Å². The minimum Gasteiger partial charge on any atom is -0.478 e. The highest BCUT2D eigenvalue weighted by atomic mass is 16.6. The second kappa shape index (κ2) is 15.5. The number of piperidine rings is 1. The van der Waals surface area contributed by atoms with Gasteiger partial charge in [-0.25, -0.2) is 9.59 Å². The fourth-order valence-electron chi connectivity index (χ4n) is 6.54. The molecule has 1 aliphatic rings. The highest BCUT2D eigenvalue weighted by Gasteiger charge is 2.30. The zero-order valence-electron chi connectivity index (χ0n) is 28.4. The first-order chi connectivity index (χ1) is 23.0. The SMILES string of the molecule is COCCCn1c(C2CCCN(C(=O)CC(Cc3ccc(-c4ccc(C(=O)O)cc4)cc3)NC(=O)OC(C)(C)C)C2)cc2ccccc21. The van der Waals surface area contributed by atoms with E-state index in [4.69, 9.17) is 9.47 Å². The number of benzene rings is 3. The number of aromatic nitrogens is 1. The maximum Gasteiger partial charge on any atom is 0.407 e. The Hall–Kier alpha value is -4.63. The number of methoxy groups -OCH3 is 1. The van der Waals surface area contributed by atoms with Crippen LogP contribution in [-0.2, 0) is 27.2 Å². The summed E-state index contributed by atoms with van der Waals surface area (Å²) in [5, 5.41) is 13.4. The molecule has 1 saturated heterocycles. The zero-order valence-corrected chi connectivity index (χ0v) is 28.4. The summed E-state index contributed by atoms with van der Waals surface area (Å²) in [6.45, 7) is 8.32. The number of nitrogens with one attached hydrogen (secondary N) is 1. The van der Waals surface area contributed by atoms with Gasteiger partial charge in [0.1, 0.15) is 5.60 Å². The number of fused-ring (bicyclic) bond motifs is 1. The molecule has 0 radical (unpaired) electrons. The van der Waals surface area contributed by atoms with Crippen molar-refractivity contribution in [3.05, 3.63) is 95.7 Å². The summed E-state index contributed by atoms with van der Waals surface area (Å²) in [4.78, 5) is 40.0. The lowest BCUT2D eigenvalue weighted by Gasteiger charge is -2.34. The largest absolute Gasteiger partial charge is 0.478 e. The van der Waals surface area contributed by atoms with Gasteiger partial charge in [0.05, 0.1) is 5.56 Å². The lowest BCUT2D eigenvalue weighted by Crippen LogP contribution is -2.46. The number of carbonyl (C=O) groups excluding carboxylic acids is 2. The molecule has 2 heterocycles. The van der Waals surface area contributed by atoms with Gasteiger partial charge in [-0.2, -0.15) is 0 Å². The number of carbonyl (C=O) groups is 3. The number of amides is 2. The molecule has 2 atom stereocenters. The van der Waals surface area contributed by atoms with E-state index in [1.807, 2.05) is 49.9 Å². The first kappa shape index (κ1) is 34.7. The van der Waals surface area contributed by atoms with E-state index in [0.717, 1.165) is 42.5 Å². The normalized spacial score (nSPS) is 15.7. The maximum atomic E-state index is 13.9. The molecule has 2 N–H and O–H groups in total. The van der Waals surface area contributed by atoms with Gasteiger partial charge in [0.25, 0.3) is 0 Å². The third-order valence-electron chi connectivity index (χ3n) is 8.81. The Bertz CT molecular complexity index is 1700. The molecule has 9 heteroatoms. The van der Waals surface area contributed by atoms with Crippen LogP contribution in [0.5, 0.6) is 0 Å². The van der Waals surface area contributed by atoms with Crippen molar-refractivity contribution in [3.8, 4) is 11.1 Å². The number of likely N-dealkylation sites (tertiary alicyclic amines) is 1. The molecule has 2 amide bonds. The third-order valence-corrected chi connectivity index (χ3v) is 8.81. The van der Waals surface area contributed by atoms with Gasteiger partial charge in [0.2, 0.25) is 5.91 Å². The van der Waals surface area contributed by atoms with Gasteiger partial charge in [-0.3, -0.25) is 4.79 Å². The summed E-state index contributed by atoms with van der Waals surface area (Å²) in [6.07, 6.45) is 2.89. The van der Waals surface area contributed by atoms with E-state index in [1.54, 1.807) is 31.4 Å². The van der Waals surface area contributed by atoms with Gasteiger partial charge in [0.15, 0.2) is 0 Å². The summed E-state index contributed by atoms with van der Waals surface area (Å²) < 4.78 is 13.3. The molecule has 2 unspecified atom stereocenters. The molecule has 254 valence electrons. The van der Waals surface area contributed by atoms with Crippen LogP contribution in [0.4, 0.5) is 4.79 Å². The van der Waals surface area contributed by atoms with Crippen LogP contribution in [0.1, 0.15) is 74.0 Å². The molecule has 9 nitrogen and oxygen atoms in total. The van der Waals surface area contributed by atoms with E-state index in [9.17, 15) is 19.5 Å². The molecule has 0 saturated carbocycles. The average molecular weight is 654 g/mol. The number of aromatic carboxylic acids is 1. The van der Waals surface area contributed by atoms with E-state index >= 15 is 0 Å². The van der Waals surface area contributed by atoms with Crippen LogP contribution < -0.4 is 5.32 Å². The van der Waals surface area contributed by atoms with Crippen LogP contribution >= 0.6 is 0 Å². The van der Waals surface area contributed by atoms with Crippen LogP contribution in [0.3, 0.4) is 0 Å². The molecular formula is C39H47N3O6. The monoisotopic (exact) mass is 653 g/mol. The Morgan fingerprint density at radius 2 is 1.67 bits per heavy atom. The molecule has 1 aliphatic heterocycles. The summed E-state index contributed by atoms with van der Waals surface area (Å²) in [5.41, 5.74) is 4.85. The van der Waals surface area contributed by atoms with E-state index in [1.165, 1.54) is 16.6 Å². The Labute approximate surface area is 282 Å². The highest BCUT2D eigenvalue weighted by Crippen LogP contribution is 2.32. The second-order valence-electron chi connectivity index (χ2n) is 13.6. The third kappa shape index (κ3) is 9.04. The lowest BCUT2D eigenvalue weighted by molar-refractivity contribution is -0.132. The number of aryl methyl sites for hydroxylation is 1. The van der Waals surface area contributed by atoms with Gasteiger partial charge in [-0.05, 0) is 92.8 Å². The number of hydrogen-bond acceptors (Lipinski definition) is 5. The Balaban J connectivity index is 1.30. The van der Waals surface area contributed by atoms with Gasteiger partial charge < -0.3 is 29.4 Å². The fraction of sp³-hybridized carbons (Fsp3) is 0.410. The smallest absolute Gasteiger partial charge is 0.407 e. The van der Waals surface area contributed by atoms with Crippen LogP contribution in [0.25, 0.3) is 22.0 Å². The number of ether oxygens (including phenoxy) is 2. The molecule has 1 aromatic heterocycles. The van der Waals surface area contributed by atoms with Crippen molar-refractivity contribution in [2.24, 2.45) is 0 Å².